The number of anilines is 1. The zero-order valence-corrected chi connectivity index (χ0v) is 12.1. The Morgan fingerprint density at radius 2 is 2.00 bits per heavy atom. The van der Waals surface area contributed by atoms with Gasteiger partial charge in [0.2, 0.25) is 5.95 Å². The van der Waals surface area contributed by atoms with Crippen LogP contribution in [0.2, 0.25) is 0 Å². The Hall–Kier alpha value is -1.23. The molecule has 5 heteroatoms. The second-order valence-corrected chi connectivity index (χ2v) is 5.64. The highest BCUT2D eigenvalue weighted by Gasteiger charge is 2.38. The standard InChI is InChI=1S/C14H24N4O/c1-4-10-11(5-2)17-18-13(15-10)16-12-7-6-8-14(12,3)9-19/h12,19H,4-9H2,1-3H3,(H,15,16,18). The van der Waals surface area contributed by atoms with Gasteiger partial charge in [-0.05, 0) is 25.7 Å². The van der Waals surface area contributed by atoms with Gasteiger partial charge in [0, 0.05) is 11.5 Å². The Morgan fingerprint density at radius 3 is 2.63 bits per heavy atom. The quantitative estimate of drug-likeness (QED) is 0.850. The van der Waals surface area contributed by atoms with E-state index in [0.29, 0.717) is 5.95 Å². The molecule has 1 aromatic rings. The lowest BCUT2D eigenvalue weighted by molar-refractivity contribution is 0.138. The normalized spacial score (nSPS) is 26.6. The third kappa shape index (κ3) is 2.86. The van der Waals surface area contributed by atoms with Crippen molar-refractivity contribution in [1.82, 2.24) is 15.2 Å². The number of rotatable bonds is 5. The third-order valence-corrected chi connectivity index (χ3v) is 4.26. The summed E-state index contributed by atoms with van der Waals surface area (Å²) in [5.41, 5.74) is 1.92. The van der Waals surface area contributed by atoms with E-state index in [1.54, 1.807) is 0 Å². The van der Waals surface area contributed by atoms with Crippen LogP contribution in [0.1, 0.15) is 51.4 Å². The van der Waals surface area contributed by atoms with Crippen molar-refractivity contribution in [3.8, 4) is 0 Å². The van der Waals surface area contributed by atoms with Crippen LogP contribution in [0, 0.1) is 5.41 Å². The summed E-state index contributed by atoms with van der Waals surface area (Å²) in [5, 5.41) is 21.3. The molecule has 2 unspecified atom stereocenters. The first-order valence-electron chi connectivity index (χ1n) is 7.22. The fraction of sp³-hybridized carbons (Fsp3) is 0.786. The summed E-state index contributed by atoms with van der Waals surface area (Å²) in [6.07, 6.45) is 4.96. The second-order valence-electron chi connectivity index (χ2n) is 5.64. The van der Waals surface area contributed by atoms with Crippen molar-refractivity contribution in [1.29, 1.82) is 0 Å². The molecule has 1 aromatic heterocycles. The van der Waals surface area contributed by atoms with Crippen LogP contribution in [-0.2, 0) is 12.8 Å². The molecule has 0 aromatic carbocycles. The molecule has 1 aliphatic carbocycles. The first-order chi connectivity index (χ1) is 9.12. The molecule has 19 heavy (non-hydrogen) atoms. The predicted octanol–water partition coefficient (Wildman–Crippen LogP) is 1.96. The van der Waals surface area contributed by atoms with Crippen molar-refractivity contribution in [3.63, 3.8) is 0 Å². The lowest BCUT2D eigenvalue weighted by Gasteiger charge is -2.30. The van der Waals surface area contributed by atoms with Crippen molar-refractivity contribution in [2.75, 3.05) is 11.9 Å². The molecule has 1 saturated carbocycles. The van der Waals surface area contributed by atoms with Crippen molar-refractivity contribution in [2.24, 2.45) is 5.41 Å². The fourth-order valence-corrected chi connectivity index (χ4v) is 2.82. The minimum absolute atomic E-state index is 0.0703. The van der Waals surface area contributed by atoms with Crippen LogP contribution in [-0.4, -0.2) is 32.9 Å². The Balaban J connectivity index is 2.15. The maximum absolute atomic E-state index is 9.56. The number of hydrogen-bond donors (Lipinski definition) is 2. The SMILES string of the molecule is CCc1nnc(NC2CCCC2(C)CO)nc1CC. The summed E-state index contributed by atoms with van der Waals surface area (Å²) in [5.74, 6) is 0.598. The van der Waals surface area contributed by atoms with Crippen molar-refractivity contribution in [2.45, 2.75) is 58.9 Å². The molecule has 0 saturated heterocycles. The summed E-state index contributed by atoms with van der Waals surface area (Å²) in [6.45, 7) is 6.47. The number of nitrogens with zero attached hydrogens (tertiary/aromatic N) is 3. The molecule has 106 valence electrons. The number of aromatic nitrogens is 3. The minimum Gasteiger partial charge on any atom is -0.396 e. The van der Waals surface area contributed by atoms with Crippen LogP contribution in [0.3, 0.4) is 0 Å². The van der Waals surface area contributed by atoms with Gasteiger partial charge in [-0.15, -0.1) is 5.10 Å². The molecule has 1 fully saturated rings. The van der Waals surface area contributed by atoms with E-state index in [1.807, 2.05) is 0 Å². The van der Waals surface area contributed by atoms with Gasteiger partial charge in [0.05, 0.1) is 18.0 Å². The topological polar surface area (TPSA) is 70.9 Å². The average molecular weight is 264 g/mol. The minimum atomic E-state index is -0.0703. The van der Waals surface area contributed by atoms with E-state index in [9.17, 15) is 5.11 Å². The Morgan fingerprint density at radius 1 is 1.26 bits per heavy atom. The number of aliphatic hydroxyl groups is 1. The predicted molar refractivity (Wildman–Crippen MR) is 75.0 cm³/mol. The van der Waals surface area contributed by atoms with E-state index < -0.39 is 0 Å². The number of hydrogen-bond acceptors (Lipinski definition) is 5. The Kier molecular flexibility index (Phi) is 4.34. The van der Waals surface area contributed by atoms with Crippen LogP contribution in [0.25, 0.3) is 0 Å². The van der Waals surface area contributed by atoms with Gasteiger partial charge in [-0.1, -0.05) is 27.2 Å². The van der Waals surface area contributed by atoms with Gasteiger partial charge in [0.1, 0.15) is 0 Å². The second kappa shape index (κ2) is 5.82. The van der Waals surface area contributed by atoms with Gasteiger partial charge in [-0.3, -0.25) is 0 Å². The third-order valence-electron chi connectivity index (χ3n) is 4.26. The molecule has 2 atom stereocenters. The summed E-state index contributed by atoms with van der Waals surface area (Å²) in [7, 11) is 0. The van der Waals surface area contributed by atoms with Crippen LogP contribution in [0.4, 0.5) is 5.95 Å². The molecule has 0 amide bonds. The van der Waals surface area contributed by atoms with Crippen molar-refractivity contribution >= 4 is 5.95 Å². The zero-order chi connectivity index (χ0) is 13.9. The van der Waals surface area contributed by atoms with Crippen molar-refractivity contribution < 1.29 is 5.11 Å². The molecule has 1 heterocycles. The first-order valence-corrected chi connectivity index (χ1v) is 7.22. The number of nitrogens with one attached hydrogen (secondary N) is 1. The van der Waals surface area contributed by atoms with Gasteiger partial charge in [0.15, 0.2) is 0 Å². The molecule has 0 bridgehead atoms. The highest BCUT2D eigenvalue weighted by atomic mass is 16.3. The lowest BCUT2D eigenvalue weighted by Crippen LogP contribution is -2.37. The van der Waals surface area contributed by atoms with E-state index in [0.717, 1.165) is 43.5 Å². The molecule has 1 aliphatic rings. The lowest BCUT2D eigenvalue weighted by atomic mass is 9.86. The Bertz CT molecular complexity index is 437. The summed E-state index contributed by atoms with van der Waals surface area (Å²) in [4.78, 5) is 4.56. The van der Waals surface area contributed by atoms with Gasteiger partial charge < -0.3 is 10.4 Å². The van der Waals surface area contributed by atoms with Crippen LogP contribution in [0.15, 0.2) is 0 Å². The average Bonchev–Trinajstić information content (AvgIpc) is 2.80. The Labute approximate surface area is 114 Å². The molecular formula is C14H24N4O. The zero-order valence-electron chi connectivity index (χ0n) is 12.1. The van der Waals surface area contributed by atoms with Crippen LogP contribution < -0.4 is 5.32 Å². The molecular weight excluding hydrogens is 240 g/mol. The summed E-state index contributed by atoms with van der Waals surface area (Å²) in [6, 6.07) is 0.233. The van der Waals surface area contributed by atoms with Gasteiger partial charge in [-0.2, -0.15) is 5.10 Å². The van der Waals surface area contributed by atoms with Gasteiger partial charge >= 0.3 is 0 Å². The van der Waals surface area contributed by atoms with E-state index in [4.69, 9.17) is 0 Å². The molecule has 2 N–H and O–H groups in total. The maximum atomic E-state index is 9.56. The van der Waals surface area contributed by atoms with E-state index >= 15 is 0 Å². The summed E-state index contributed by atoms with van der Waals surface area (Å²) < 4.78 is 0. The molecule has 0 aliphatic heterocycles. The molecule has 2 rings (SSSR count). The number of aryl methyl sites for hydroxylation is 2. The first kappa shape index (κ1) is 14.2. The van der Waals surface area contributed by atoms with Gasteiger partial charge in [0.25, 0.3) is 0 Å². The largest absolute Gasteiger partial charge is 0.396 e. The smallest absolute Gasteiger partial charge is 0.243 e. The van der Waals surface area contributed by atoms with Crippen LogP contribution in [0.5, 0.6) is 0 Å². The van der Waals surface area contributed by atoms with Crippen LogP contribution >= 0.6 is 0 Å². The van der Waals surface area contributed by atoms with Crippen molar-refractivity contribution in [3.05, 3.63) is 11.4 Å². The molecule has 0 radical (unpaired) electrons. The van der Waals surface area contributed by atoms with Gasteiger partial charge in [-0.25, -0.2) is 4.98 Å². The highest BCUT2D eigenvalue weighted by molar-refractivity contribution is 5.29. The van der Waals surface area contributed by atoms with E-state index in [1.165, 1.54) is 0 Å². The highest BCUT2D eigenvalue weighted by Crippen LogP contribution is 2.38. The maximum Gasteiger partial charge on any atom is 0.243 e. The van der Waals surface area contributed by atoms with E-state index in [-0.39, 0.29) is 18.1 Å². The fourth-order valence-electron chi connectivity index (χ4n) is 2.82. The monoisotopic (exact) mass is 264 g/mol. The molecule has 5 nitrogen and oxygen atoms in total. The summed E-state index contributed by atoms with van der Waals surface area (Å²) >= 11 is 0. The molecule has 0 spiro atoms. The van der Waals surface area contributed by atoms with E-state index in [2.05, 4.69) is 41.3 Å². The number of aliphatic hydroxyl groups excluding tert-OH is 1.